The van der Waals surface area contributed by atoms with E-state index in [0.29, 0.717) is 0 Å². The van der Waals surface area contributed by atoms with E-state index in [-0.39, 0.29) is 11.1 Å². The van der Waals surface area contributed by atoms with Crippen LogP contribution in [0.3, 0.4) is 0 Å². The molecule has 1 N–H and O–H groups in total. The summed E-state index contributed by atoms with van der Waals surface area (Å²) >= 11 is 0. The SMILES string of the molecule is Cc1cc(=O)n(C)cc1-c1ccc(C(=O)O)cc1. The van der Waals surface area contributed by atoms with Gasteiger partial charge in [0.2, 0.25) is 0 Å². The fourth-order valence-electron chi connectivity index (χ4n) is 1.82. The summed E-state index contributed by atoms with van der Waals surface area (Å²) in [6, 6.07) is 8.18. The van der Waals surface area contributed by atoms with E-state index in [4.69, 9.17) is 5.11 Å². The summed E-state index contributed by atoms with van der Waals surface area (Å²) < 4.78 is 1.51. The molecule has 0 bridgehead atoms. The first kappa shape index (κ1) is 12.1. The van der Waals surface area contributed by atoms with Crippen LogP contribution < -0.4 is 5.56 Å². The van der Waals surface area contributed by atoms with E-state index < -0.39 is 5.97 Å². The summed E-state index contributed by atoms with van der Waals surface area (Å²) in [4.78, 5) is 22.2. The number of pyridine rings is 1. The average Bonchev–Trinajstić information content (AvgIpc) is 2.34. The van der Waals surface area contributed by atoms with Crippen LogP contribution in [-0.2, 0) is 7.05 Å². The Morgan fingerprint density at radius 2 is 1.83 bits per heavy atom. The standard InChI is InChI=1S/C14H13NO3/c1-9-7-13(16)15(2)8-12(9)10-3-5-11(6-4-10)14(17)18/h3-8H,1-2H3,(H,17,18). The molecule has 2 aromatic rings. The number of nitrogens with zero attached hydrogens (tertiary/aromatic N) is 1. The highest BCUT2D eigenvalue weighted by Crippen LogP contribution is 2.22. The third kappa shape index (κ3) is 2.18. The van der Waals surface area contributed by atoms with Crippen LogP contribution in [0.1, 0.15) is 15.9 Å². The van der Waals surface area contributed by atoms with Gasteiger partial charge in [0.05, 0.1) is 5.56 Å². The molecule has 1 heterocycles. The number of aromatic carboxylic acids is 1. The summed E-state index contributed by atoms with van der Waals surface area (Å²) in [5.74, 6) is -0.946. The predicted molar refractivity (Wildman–Crippen MR) is 68.8 cm³/mol. The van der Waals surface area contributed by atoms with Crippen LogP contribution in [0.25, 0.3) is 11.1 Å². The van der Waals surface area contributed by atoms with Crippen molar-refractivity contribution in [2.75, 3.05) is 0 Å². The molecule has 0 aliphatic heterocycles. The largest absolute Gasteiger partial charge is 0.478 e. The van der Waals surface area contributed by atoms with E-state index in [2.05, 4.69) is 0 Å². The maximum absolute atomic E-state index is 11.5. The number of hydrogen-bond acceptors (Lipinski definition) is 2. The molecule has 0 spiro atoms. The molecule has 0 aliphatic rings. The van der Waals surface area contributed by atoms with Gasteiger partial charge in [0, 0.05) is 24.9 Å². The van der Waals surface area contributed by atoms with Crippen LogP contribution in [0.2, 0.25) is 0 Å². The lowest BCUT2D eigenvalue weighted by atomic mass is 10.0. The Morgan fingerprint density at radius 1 is 1.22 bits per heavy atom. The van der Waals surface area contributed by atoms with Gasteiger partial charge in [0.1, 0.15) is 0 Å². The summed E-state index contributed by atoms with van der Waals surface area (Å²) in [6.07, 6.45) is 1.76. The van der Waals surface area contributed by atoms with Gasteiger partial charge in [0.25, 0.3) is 5.56 Å². The zero-order valence-corrected chi connectivity index (χ0v) is 10.2. The number of carboxylic acids is 1. The second-order valence-electron chi connectivity index (χ2n) is 4.20. The molecule has 0 atom stereocenters. The lowest BCUT2D eigenvalue weighted by Gasteiger charge is -2.08. The molecule has 0 fully saturated rings. The van der Waals surface area contributed by atoms with Gasteiger partial charge in [-0.15, -0.1) is 0 Å². The van der Waals surface area contributed by atoms with Gasteiger partial charge >= 0.3 is 5.97 Å². The molecule has 1 aromatic heterocycles. The molecule has 1 aromatic carbocycles. The number of rotatable bonds is 2. The van der Waals surface area contributed by atoms with Gasteiger partial charge in [-0.3, -0.25) is 4.79 Å². The monoisotopic (exact) mass is 243 g/mol. The third-order valence-electron chi connectivity index (χ3n) is 2.88. The zero-order valence-electron chi connectivity index (χ0n) is 10.2. The van der Waals surface area contributed by atoms with Crippen molar-refractivity contribution in [2.45, 2.75) is 6.92 Å². The number of aromatic nitrogens is 1. The number of benzene rings is 1. The maximum Gasteiger partial charge on any atom is 0.335 e. The molecule has 0 amide bonds. The summed E-state index contributed by atoms with van der Waals surface area (Å²) in [7, 11) is 1.69. The van der Waals surface area contributed by atoms with Crippen molar-refractivity contribution in [3.8, 4) is 11.1 Å². The topological polar surface area (TPSA) is 59.3 Å². The van der Waals surface area contributed by atoms with Crippen molar-refractivity contribution in [1.82, 2.24) is 4.57 Å². The van der Waals surface area contributed by atoms with Crippen molar-refractivity contribution in [3.63, 3.8) is 0 Å². The van der Waals surface area contributed by atoms with E-state index in [1.807, 2.05) is 6.92 Å². The minimum atomic E-state index is -0.946. The molecular formula is C14H13NO3. The zero-order chi connectivity index (χ0) is 13.3. The quantitative estimate of drug-likeness (QED) is 0.878. The molecule has 4 heteroatoms. The molecule has 0 unspecified atom stereocenters. The highest BCUT2D eigenvalue weighted by molar-refractivity contribution is 5.88. The van der Waals surface area contributed by atoms with Crippen molar-refractivity contribution in [3.05, 3.63) is 58.0 Å². The van der Waals surface area contributed by atoms with Crippen molar-refractivity contribution in [2.24, 2.45) is 7.05 Å². The summed E-state index contributed by atoms with van der Waals surface area (Å²) in [5.41, 5.74) is 2.89. The minimum absolute atomic E-state index is 0.0570. The number of hydrogen-bond donors (Lipinski definition) is 1. The van der Waals surface area contributed by atoms with Gasteiger partial charge < -0.3 is 9.67 Å². The molecule has 0 radical (unpaired) electrons. The van der Waals surface area contributed by atoms with Crippen LogP contribution in [0.15, 0.2) is 41.3 Å². The number of carbonyl (C=O) groups is 1. The number of carboxylic acid groups (broad SMARTS) is 1. The first-order valence-electron chi connectivity index (χ1n) is 5.50. The second-order valence-corrected chi connectivity index (χ2v) is 4.20. The lowest BCUT2D eigenvalue weighted by Crippen LogP contribution is -2.15. The Bertz CT molecular complexity index is 654. The molecule has 92 valence electrons. The van der Waals surface area contributed by atoms with E-state index >= 15 is 0 Å². The first-order chi connectivity index (χ1) is 8.49. The highest BCUT2D eigenvalue weighted by atomic mass is 16.4. The fraction of sp³-hybridized carbons (Fsp3) is 0.143. The lowest BCUT2D eigenvalue weighted by molar-refractivity contribution is 0.0697. The molecule has 18 heavy (non-hydrogen) atoms. The van der Waals surface area contributed by atoms with Crippen LogP contribution in [0, 0.1) is 6.92 Å². The van der Waals surface area contributed by atoms with Gasteiger partial charge in [0.15, 0.2) is 0 Å². The van der Waals surface area contributed by atoms with Crippen molar-refractivity contribution in [1.29, 1.82) is 0 Å². The van der Waals surface area contributed by atoms with Crippen LogP contribution in [0.5, 0.6) is 0 Å². The van der Waals surface area contributed by atoms with Crippen molar-refractivity contribution < 1.29 is 9.90 Å². The Kier molecular flexibility index (Phi) is 3.02. The average molecular weight is 243 g/mol. The van der Waals surface area contributed by atoms with Crippen LogP contribution in [0.4, 0.5) is 0 Å². The van der Waals surface area contributed by atoms with Crippen LogP contribution in [-0.4, -0.2) is 15.6 Å². The maximum atomic E-state index is 11.5. The van der Waals surface area contributed by atoms with E-state index in [1.54, 1.807) is 43.6 Å². The minimum Gasteiger partial charge on any atom is -0.478 e. The molecule has 0 saturated heterocycles. The Labute approximate surface area is 104 Å². The van der Waals surface area contributed by atoms with Gasteiger partial charge in [-0.1, -0.05) is 12.1 Å². The van der Waals surface area contributed by atoms with E-state index in [1.165, 1.54) is 4.57 Å². The Balaban J connectivity index is 2.52. The van der Waals surface area contributed by atoms with Crippen LogP contribution >= 0.6 is 0 Å². The predicted octanol–water partition coefficient (Wildman–Crippen LogP) is 2.06. The Morgan fingerprint density at radius 3 is 2.39 bits per heavy atom. The molecule has 0 aliphatic carbocycles. The summed E-state index contributed by atoms with van der Waals surface area (Å²) in [6.45, 7) is 1.86. The highest BCUT2D eigenvalue weighted by Gasteiger charge is 2.06. The first-order valence-corrected chi connectivity index (χ1v) is 5.50. The van der Waals surface area contributed by atoms with Gasteiger partial charge in [-0.05, 0) is 30.2 Å². The van der Waals surface area contributed by atoms with Crippen molar-refractivity contribution >= 4 is 5.97 Å². The van der Waals surface area contributed by atoms with Gasteiger partial charge in [-0.25, -0.2) is 4.79 Å². The molecular weight excluding hydrogens is 230 g/mol. The second kappa shape index (κ2) is 4.49. The fourth-order valence-corrected chi connectivity index (χ4v) is 1.82. The smallest absolute Gasteiger partial charge is 0.335 e. The van der Waals surface area contributed by atoms with Gasteiger partial charge in [-0.2, -0.15) is 0 Å². The molecule has 4 nitrogen and oxygen atoms in total. The normalized spacial score (nSPS) is 10.3. The summed E-state index contributed by atoms with van der Waals surface area (Å²) in [5, 5.41) is 8.84. The number of aryl methyl sites for hydroxylation is 2. The molecule has 0 saturated carbocycles. The third-order valence-corrected chi connectivity index (χ3v) is 2.88. The van der Waals surface area contributed by atoms with E-state index in [9.17, 15) is 9.59 Å². The Hall–Kier alpha value is -2.36. The molecule has 2 rings (SSSR count). The van der Waals surface area contributed by atoms with E-state index in [0.717, 1.165) is 16.7 Å².